The van der Waals surface area contributed by atoms with Crippen LogP contribution in [0.4, 0.5) is 17.1 Å². The van der Waals surface area contributed by atoms with Crippen molar-refractivity contribution in [1.82, 2.24) is 14.5 Å². The fourth-order valence-electron chi connectivity index (χ4n) is 5.26. The zero-order chi connectivity index (χ0) is 26.9. The molecule has 0 radical (unpaired) electrons. The summed E-state index contributed by atoms with van der Waals surface area (Å²) in [5.74, 6) is 0.545. The Balaban J connectivity index is 1.40. The van der Waals surface area contributed by atoms with Crippen molar-refractivity contribution in [1.29, 1.82) is 0 Å². The van der Waals surface area contributed by atoms with Crippen LogP contribution in [-0.2, 0) is 18.4 Å². The first-order valence-corrected chi connectivity index (χ1v) is 13.0. The van der Waals surface area contributed by atoms with Crippen molar-refractivity contribution in [2.45, 2.75) is 19.4 Å². The van der Waals surface area contributed by atoms with Gasteiger partial charge in [0.15, 0.2) is 0 Å². The number of hydrogen-bond donors (Lipinski definition) is 2. The summed E-state index contributed by atoms with van der Waals surface area (Å²) in [5, 5.41) is 17.8. The number of carbonyl (C=O) groups excluding carboxylic acids is 1. The second kappa shape index (κ2) is 10.2. The Morgan fingerprint density at radius 3 is 2.46 bits per heavy atom. The summed E-state index contributed by atoms with van der Waals surface area (Å²) >= 11 is 0. The van der Waals surface area contributed by atoms with Gasteiger partial charge in [-0.15, -0.1) is 0 Å². The van der Waals surface area contributed by atoms with Gasteiger partial charge in [-0.2, -0.15) is 0 Å². The number of nitrogens with zero attached hydrogens (tertiary/aromatic N) is 4. The Bertz CT molecular complexity index is 1580. The first-order chi connectivity index (χ1) is 19.0. The van der Waals surface area contributed by atoms with Crippen molar-refractivity contribution in [3.05, 3.63) is 106 Å². The summed E-state index contributed by atoms with van der Waals surface area (Å²) in [6.07, 6.45) is 6.12. The van der Waals surface area contributed by atoms with Crippen LogP contribution in [0.2, 0.25) is 0 Å². The Morgan fingerprint density at radius 1 is 1.05 bits per heavy atom. The van der Waals surface area contributed by atoms with Crippen LogP contribution in [0.25, 0.3) is 22.7 Å². The minimum Gasteiger partial charge on any atom is -0.354 e. The van der Waals surface area contributed by atoms with E-state index in [1.807, 2.05) is 54.2 Å². The summed E-state index contributed by atoms with van der Waals surface area (Å²) < 4.78 is 1.95. The van der Waals surface area contributed by atoms with Crippen LogP contribution in [0, 0.1) is 10.1 Å². The van der Waals surface area contributed by atoms with Gasteiger partial charge in [-0.25, -0.2) is 4.98 Å². The van der Waals surface area contributed by atoms with Gasteiger partial charge in [-0.3, -0.25) is 19.8 Å². The monoisotopic (exact) mass is 520 g/mol. The predicted molar refractivity (Wildman–Crippen MR) is 152 cm³/mol. The maximum absolute atomic E-state index is 13.3. The lowest BCUT2D eigenvalue weighted by Gasteiger charge is -2.17. The van der Waals surface area contributed by atoms with Crippen LogP contribution in [0.5, 0.6) is 0 Å². The Hall–Kier alpha value is -4.76. The molecule has 196 valence electrons. The summed E-state index contributed by atoms with van der Waals surface area (Å²) in [4.78, 5) is 31.2. The Kier molecular flexibility index (Phi) is 6.42. The molecule has 3 aromatic carbocycles. The number of non-ortho nitro benzene ring substituents is 1. The quantitative estimate of drug-likeness (QED) is 0.189. The lowest BCUT2D eigenvalue weighted by Crippen LogP contribution is -2.18. The van der Waals surface area contributed by atoms with Crippen molar-refractivity contribution in [3.8, 4) is 11.4 Å². The molecule has 0 aliphatic carbocycles. The highest BCUT2D eigenvalue weighted by Crippen LogP contribution is 2.39. The fourth-order valence-corrected chi connectivity index (χ4v) is 5.26. The van der Waals surface area contributed by atoms with Gasteiger partial charge in [0.2, 0.25) is 0 Å². The molecular weight excluding hydrogens is 492 g/mol. The van der Waals surface area contributed by atoms with Gasteiger partial charge < -0.3 is 15.2 Å². The van der Waals surface area contributed by atoms with Crippen molar-refractivity contribution < 1.29 is 9.72 Å². The number of benzene rings is 3. The molecule has 6 rings (SSSR count). The SMILES string of the molecule is Cn1ccnc1-c1ccc(N/C(=C2\C(=O)Nc3ccc([N+](=O)[O-])cc32)c2ccc(CN3CCCC3)cc2)cc1. The molecule has 1 saturated heterocycles. The maximum atomic E-state index is 13.3. The van der Waals surface area contributed by atoms with Crippen LogP contribution in [0.15, 0.2) is 79.1 Å². The molecule has 1 amide bonds. The van der Waals surface area contributed by atoms with E-state index in [9.17, 15) is 14.9 Å². The Labute approximate surface area is 225 Å². The summed E-state index contributed by atoms with van der Waals surface area (Å²) in [5.41, 5.74) is 5.71. The average molecular weight is 521 g/mol. The van der Waals surface area contributed by atoms with Crippen LogP contribution in [0.1, 0.15) is 29.5 Å². The summed E-state index contributed by atoms with van der Waals surface area (Å²) in [6.45, 7) is 3.12. The molecule has 4 aromatic rings. The molecule has 0 spiro atoms. The topological polar surface area (TPSA) is 105 Å². The van der Waals surface area contributed by atoms with E-state index in [1.54, 1.807) is 12.3 Å². The fraction of sp³-hybridized carbons (Fsp3) is 0.200. The highest BCUT2D eigenvalue weighted by molar-refractivity contribution is 6.37. The van der Waals surface area contributed by atoms with Gasteiger partial charge in [-0.05, 0) is 67.4 Å². The number of nitrogens with one attached hydrogen (secondary N) is 2. The lowest BCUT2D eigenvalue weighted by molar-refractivity contribution is -0.384. The number of nitro groups is 1. The normalized spacial score (nSPS) is 16.2. The second-order valence-corrected chi connectivity index (χ2v) is 9.94. The first-order valence-electron chi connectivity index (χ1n) is 13.0. The van der Waals surface area contributed by atoms with E-state index >= 15 is 0 Å². The van der Waals surface area contributed by atoms with Gasteiger partial charge in [0.25, 0.3) is 11.6 Å². The molecule has 39 heavy (non-hydrogen) atoms. The van der Waals surface area contributed by atoms with E-state index in [-0.39, 0.29) is 11.6 Å². The van der Waals surface area contributed by atoms with Crippen LogP contribution in [0.3, 0.4) is 0 Å². The average Bonchev–Trinajstić information content (AvgIpc) is 3.68. The highest BCUT2D eigenvalue weighted by atomic mass is 16.6. The van der Waals surface area contributed by atoms with Crippen LogP contribution < -0.4 is 10.6 Å². The molecule has 1 aromatic heterocycles. The van der Waals surface area contributed by atoms with E-state index in [4.69, 9.17) is 0 Å². The van der Waals surface area contributed by atoms with E-state index < -0.39 is 4.92 Å². The maximum Gasteiger partial charge on any atom is 0.270 e. The van der Waals surface area contributed by atoms with Crippen LogP contribution >= 0.6 is 0 Å². The summed E-state index contributed by atoms with van der Waals surface area (Å²) in [7, 11) is 1.94. The van der Waals surface area contributed by atoms with Gasteiger partial charge in [0.05, 0.1) is 16.2 Å². The van der Waals surface area contributed by atoms with Crippen molar-refractivity contribution >= 4 is 34.2 Å². The summed E-state index contributed by atoms with van der Waals surface area (Å²) in [6, 6.07) is 20.4. The molecule has 3 heterocycles. The number of fused-ring (bicyclic) bond motifs is 1. The zero-order valence-corrected chi connectivity index (χ0v) is 21.6. The lowest BCUT2D eigenvalue weighted by atomic mass is 9.98. The number of anilines is 2. The molecule has 0 bridgehead atoms. The molecular formula is C30H28N6O3. The standard InChI is InChI=1S/C30H28N6O3/c1-34-17-14-31-29(34)22-8-10-23(11-9-22)32-28(21-6-4-20(5-7-21)19-35-15-2-3-16-35)27-25-18-24(36(38)39)12-13-26(25)33-30(27)37/h4-14,17-18,32H,2-3,15-16,19H2,1H3,(H,33,37)/b28-27-. The number of carbonyl (C=O) groups is 1. The largest absolute Gasteiger partial charge is 0.354 e. The number of hydrogen-bond acceptors (Lipinski definition) is 6. The molecule has 1 fully saturated rings. The van der Waals surface area contributed by atoms with Gasteiger partial charge in [0, 0.05) is 60.6 Å². The third-order valence-corrected chi connectivity index (χ3v) is 7.29. The predicted octanol–water partition coefficient (Wildman–Crippen LogP) is 5.52. The number of aromatic nitrogens is 2. The van der Waals surface area contributed by atoms with Crippen molar-refractivity contribution in [2.75, 3.05) is 23.7 Å². The third-order valence-electron chi connectivity index (χ3n) is 7.29. The van der Waals surface area contributed by atoms with E-state index in [2.05, 4.69) is 32.7 Å². The molecule has 2 aliphatic rings. The van der Waals surface area contributed by atoms with E-state index in [1.165, 1.54) is 30.5 Å². The molecule has 9 heteroatoms. The minimum absolute atomic E-state index is 0.0671. The first kappa shape index (κ1) is 24.6. The molecule has 9 nitrogen and oxygen atoms in total. The number of amides is 1. The number of imidazole rings is 1. The van der Waals surface area contributed by atoms with E-state index in [0.29, 0.717) is 22.5 Å². The number of rotatable bonds is 7. The number of likely N-dealkylation sites (tertiary alicyclic amines) is 1. The van der Waals surface area contributed by atoms with Gasteiger partial charge >= 0.3 is 0 Å². The number of aryl methyl sites for hydroxylation is 1. The van der Waals surface area contributed by atoms with Gasteiger partial charge in [-0.1, -0.05) is 24.3 Å². The molecule has 2 N–H and O–H groups in total. The molecule has 0 unspecified atom stereocenters. The van der Waals surface area contributed by atoms with Crippen molar-refractivity contribution in [2.24, 2.45) is 7.05 Å². The zero-order valence-electron chi connectivity index (χ0n) is 21.6. The van der Waals surface area contributed by atoms with Gasteiger partial charge in [0.1, 0.15) is 5.82 Å². The molecule has 0 saturated carbocycles. The number of nitro benzene ring substituents is 1. The third kappa shape index (κ3) is 4.92. The molecule has 0 atom stereocenters. The second-order valence-electron chi connectivity index (χ2n) is 9.94. The van der Waals surface area contributed by atoms with E-state index in [0.717, 1.165) is 42.3 Å². The Morgan fingerprint density at radius 2 is 1.79 bits per heavy atom. The smallest absolute Gasteiger partial charge is 0.270 e. The highest BCUT2D eigenvalue weighted by Gasteiger charge is 2.30. The molecule has 2 aliphatic heterocycles. The van der Waals surface area contributed by atoms with Crippen LogP contribution in [-0.4, -0.2) is 38.4 Å². The minimum atomic E-state index is -0.447. The van der Waals surface area contributed by atoms with Crippen molar-refractivity contribution in [3.63, 3.8) is 0 Å².